The number of benzene rings is 3. The molecule has 3 aromatic carbocycles. The molecule has 0 saturated heterocycles. The maximum absolute atomic E-state index is 12.5. The molecule has 0 spiro atoms. The van der Waals surface area contributed by atoms with Gasteiger partial charge in [0.1, 0.15) is 0 Å². The van der Waals surface area contributed by atoms with Crippen LogP contribution in [0.1, 0.15) is 61.8 Å². The minimum atomic E-state index is -4.57. The van der Waals surface area contributed by atoms with E-state index in [0.29, 0.717) is 15.9 Å². The summed E-state index contributed by atoms with van der Waals surface area (Å²) in [6.45, 7) is 8.59. The van der Waals surface area contributed by atoms with Crippen molar-refractivity contribution in [3.8, 4) is 0 Å². The van der Waals surface area contributed by atoms with Crippen LogP contribution in [0.4, 0.5) is 0 Å². The Morgan fingerprint density at radius 1 is 0.613 bits per heavy atom. The molecule has 3 rings (SSSR count). The molecule has 166 valence electrons. The van der Waals surface area contributed by atoms with Gasteiger partial charge < -0.3 is 0 Å². The van der Waals surface area contributed by atoms with Crippen LogP contribution in [0.25, 0.3) is 0 Å². The summed E-state index contributed by atoms with van der Waals surface area (Å²) in [7, 11) is -4.57. The number of aryl methyl sites for hydroxylation is 4. The van der Waals surface area contributed by atoms with Crippen LogP contribution in [0.3, 0.4) is 0 Å². The Bertz CT molecular complexity index is 963. The van der Waals surface area contributed by atoms with Crippen LogP contribution in [0.15, 0.2) is 66.7 Å². The SMILES string of the molecule is CCCCc1cc(P(O)(O)(c2ccccc2)c2ccc(C)c(CCCC)c2)ccc1C. The van der Waals surface area contributed by atoms with Crippen molar-refractivity contribution in [1.82, 2.24) is 0 Å². The van der Waals surface area contributed by atoms with Crippen molar-refractivity contribution >= 4 is 23.0 Å². The Labute approximate surface area is 188 Å². The molecular weight excluding hydrogens is 399 g/mol. The standard InChI is InChI=1S/C28H37O2P/c1-5-7-12-24-20-27(18-16-22(24)3)31(29,30,26-14-10-9-11-15-26)28-19-17-23(4)25(21-28)13-8-6-2/h9-11,14-21,29-30H,5-8,12-13H2,1-4H3. The first-order chi connectivity index (χ1) is 14.8. The zero-order chi connectivity index (χ0) is 22.5. The minimum absolute atomic E-state index is 0.587. The molecule has 0 fully saturated rings. The summed E-state index contributed by atoms with van der Waals surface area (Å²) in [6, 6.07) is 21.4. The normalized spacial score (nSPS) is 13.0. The third kappa shape index (κ3) is 4.62. The Balaban J connectivity index is 2.26. The van der Waals surface area contributed by atoms with Crippen molar-refractivity contribution in [3.63, 3.8) is 0 Å². The van der Waals surface area contributed by atoms with Gasteiger partial charge in [0.15, 0.2) is 0 Å². The fourth-order valence-corrected chi connectivity index (χ4v) is 7.42. The third-order valence-electron chi connectivity index (χ3n) is 6.49. The van der Waals surface area contributed by atoms with Gasteiger partial charge in [0.25, 0.3) is 0 Å². The molecular formula is C28H37O2P. The number of hydrogen-bond acceptors (Lipinski definition) is 2. The van der Waals surface area contributed by atoms with Crippen molar-refractivity contribution in [2.75, 3.05) is 0 Å². The summed E-state index contributed by atoms with van der Waals surface area (Å²) in [5.74, 6) is 0. The van der Waals surface area contributed by atoms with Gasteiger partial charge in [-0.05, 0) is 0 Å². The molecule has 3 heteroatoms. The molecule has 0 saturated carbocycles. The van der Waals surface area contributed by atoms with Crippen LogP contribution in [-0.4, -0.2) is 9.79 Å². The molecule has 0 bridgehead atoms. The molecule has 31 heavy (non-hydrogen) atoms. The first-order valence-corrected chi connectivity index (χ1v) is 13.7. The third-order valence-corrected chi connectivity index (χ3v) is 10.3. The van der Waals surface area contributed by atoms with Crippen LogP contribution in [-0.2, 0) is 12.8 Å². The van der Waals surface area contributed by atoms with E-state index >= 15 is 0 Å². The van der Waals surface area contributed by atoms with E-state index in [1.165, 1.54) is 22.3 Å². The van der Waals surface area contributed by atoms with Crippen LogP contribution in [0, 0.1) is 13.8 Å². The Morgan fingerprint density at radius 2 is 1.06 bits per heavy atom. The average Bonchev–Trinajstić information content (AvgIpc) is 2.78. The quantitative estimate of drug-likeness (QED) is 0.427. The zero-order valence-electron chi connectivity index (χ0n) is 19.4. The molecule has 0 aliphatic heterocycles. The first-order valence-electron chi connectivity index (χ1n) is 11.6. The summed E-state index contributed by atoms with van der Waals surface area (Å²) < 4.78 is 0. The van der Waals surface area contributed by atoms with Crippen molar-refractivity contribution in [1.29, 1.82) is 0 Å². The summed E-state index contributed by atoms with van der Waals surface area (Å²) in [5, 5.41) is 1.84. The van der Waals surface area contributed by atoms with E-state index in [9.17, 15) is 9.79 Å². The van der Waals surface area contributed by atoms with Crippen molar-refractivity contribution < 1.29 is 9.79 Å². The van der Waals surface area contributed by atoms with Crippen molar-refractivity contribution in [3.05, 3.63) is 89.0 Å². The predicted molar refractivity (Wildman–Crippen MR) is 136 cm³/mol. The predicted octanol–water partition coefficient (Wildman–Crippen LogP) is 5.63. The maximum atomic E-state index is 12.5. The van der Waals surface area contributed by atoms with E-state index in [-0.39, 0.29) is 0 Å². The van der Waals surface area contributed by atoms with Gasteiger partial charge >= 0.3 is 188 Å². The fraction of sp³-hybridized carbons (Fsp3) is 0.357. The second kappa shape index (κ2) is 9.65. The van der Waals surface area contributed by atoms with E-state index in [0.717, 1.165) is 38.5 Å². The van der Waals surface area contributed by atoms with Gasteiger partial charge in [0.2, 0.25) is 0 Å². The number of unbranched alkanes of at least 4 members (excludes halogenated alkanes) is 2. The molecule has 0 unspecified atom stereocenters. The summed E-state index contributed by atoms with van der Waals surface area (Å²) in [4.78, 5) is 24.9. The van der Waals surface area contributed by atoms with Gasteiger partial charge in [0.05, 0.1) is 0 Å². The molecule has 0 radical (unpaired) electrons. The summed E-state index contributed by atoms with van der Waals surface area (Å²) in [5.41, 5.74) is 4.81. The molecule has 0 amide bonds. The van der Waals surface area contributed by atoms with Crippen LogP contribution in [0.5, 0.6) is 0 Å². The topological polar surface area (TPSA) is 40.5 Å². The van der Waals surface area contributed by atoms with Gasteiger partial charge in [-0.3, -0.25) is 0 Å². The van der Waals surface area contributed by atoms with Crippen molar-refractivity contribution in [2.45, 2.75) is 66.2 Å². The summed E-state index contributed by atoms with van der Waals surface area (Å²) in [6.07, 6.45) is 6.31. The second-order valence-corrected chi connectivity index (χ2v) is 12.4. The zero-order valence-corrected chi connectivity index (χ0v) is 20.3. The van der Waals surface area contributed by atoms with Gasteiger partial charge in [-0.2, -0.15) is 0 Å². The molecule has 2 nitrogen and oxygen atoms in total. The van der Waals surface area contributed by atoms with E-state index in [4.69, 9.17) is 0 Å². The van der Waals surface area contributed by atoms with E-state index in [2.05, 4.69) is 27.7 Å². The molecule has 0 atom stereocenters. The molecule has 0 aliphatic carbocycles. The molecule has 0 aliphatic rings. The fourth-order valence-electron chi connectivity index (χ4n) is 4.27. The Morgan fingerprint density at radius 3 is 1.48 bits per heavy atom. The molecule has 0 aromatic heterocycles. The number of rotatable bonds is 9. The monoisotopic (exact) mass is 436 g/mol. The van der Waals surface area contributed by atoms with E-state index in [1.807, 2.05) is 66.7 Å². The van der Waals surface area contributed by atoms with Crippen LogP contribution >= 0.6 is 7.06 Å². The Hall–Kier alpha value is -1.99. The van der Waals surface area contributed by atoms with Gasteiger partial charge in [-0.25, -0.2) is 0 Å². The molecule has 0 heterocycles. The van der Waals surface area contributed by atoms with Crippen LogP contribution < -0.4 is 15.9 Å². The van der Waals surface area contributed by atoms with E-state index < -0.39 is 7.06 Å². The first kappa shape index (κ1) is 23.7. The molecule has 2 N–H and O–H groups in total. The average molecular weight is 437 g/mol. The van der Waals surface area contributed by atoms with Gasteiger partial charge in [0, 0.05) is 0 Å². The van der Waals surface area contributed by atoms with Crippen molar-refractivity contribution in [2.24, 2.45) is 0 Å². The second-order valence-electron chi connectivity index (χ2n) is 8.79. The van der Waals surface area contributed by atoms with Gasteiger partial charge in [-0.15, -0.1) is 0 Å². The molecule has 3 aromatic rings. The van der Waals surface area contributed by atoms with E-state index in [1.54, 1.807) is 0 Å². The summed E-state index contributed by atoms with van der Waals surface area (Å²) >= 11 is 0. The Kier molecular flexibility index (Phi) is 7.37. The van der Waals surface area contributed by atoms with Crippen LogP contribution in [0.2, 0.25) is 0 Å². The van der Waals surface area contributed by atoms with Gasteiger partial charge in [-0.1, -0.05) is 0 Å². The number of hydrogen-bond donors (Lipinski definition) is 2.